The van der Waals surface area contributed by atoms with E-state index >= 15 is 0 Å². The van der Waals surface area contributed by atoms with Gasteiger partial charge >= 0.3 is 0 Å². The monoisotopic (exact) mass is 224 g/mol. The highest BCUT2D eigenvalue weighted by molar-refractivity contribution is 7.13. The number of rotatable bonds is 5. The third-order valence-electron chi connectivity index (χ3n) is 1.97. The van der Waals surface area contributed by atoms with Gasteiger partial charge in [-0.3, -0.25) is 4.98 Å². The molecule has 0 saturated heterocycles. The molecule has 2 aromatic rings. The molecule has 0 radical (unpaired) electrons. The quantitative estimate of drug-likeness (QED) is 0.778. The molecule has 0 saturated carbocycles. The Morgan fingerprint density at radius 1 is 1.40 bits per heavy atom. The Kier molecular flexibility index (Phi) is 3.41. The van der Waals surface area contributed by atoms with Crippen LogP contribution in [-0.4, -0.2) is 21.7 Å². The summed E-state index contributed by atoms with van der Waals surface area (Å²) >= 11 is 1.50. The molecule has 0 bridgehead atoms. The second kappa shape index (κ2) is 4.99. The molecule has 0 aliphatic carbocycles. The van der Waals surface area contributed by atoms with Gasteiger partial charge in [-0.05, 0) is 19.4 Å². The van der Waals surface area contributed by atoms with Crippen molar-refractivity contribution in [2.24, 2.45) is 5.73 Å². The van der Waals surface area contributed by atoms with E-state index in [9.17, 15) is 0 Å². The highest BCUT2D eigenvalue weighted by Crippen LogP contribution is 2.19. The van der Waals surface area contributed by atoms with Crippen LogP contribution in [0.15, 0.2) is 16.2 Å². The molecule has 0 aliphatic rings. The minimum Gasteiger partial charge on any atom is -0.339 e. The minimum atomic E-state index is 0.625. The topological polar surface area (TPSA) is 77.8 Å². The van der Waals surface area contributed by atoms with Crippen molar-refractivity contribution in [1.82, 2.24) is 15.1 Å². The van der Waals surface area contributed by atoms with Gasteiger partial charge in [-0.2, -0.15) is 4.98 Å². The largest absolute Gasteiger partial charge is 0.339 e. The van der Waals surface area contributed by atoms with E-state index < -0.39 is 0 Å². The van der Waals surface area contributed by atoms with E-state index in [-0.39, 0.29) is 0 Å². The molecule has 2 heterocycles. The molecular formula is C9H12N4OS. The predicted molar refractivity (Wildman–Crippen MR) is 57.4 cm³/mol. The van der Waals surface area contributed by atoms with Crippen LogP contribution in [0.1, 0.15) is 18.7 Å². The first-order chi connectivity index (χ1) is 7.40. The van der Waals surface area contributed by atoms with Crippen molar-refractivity contribution in [3.8, 4) is 10.7 Å². The fourth-order valence-corrected chi connectivity index (χ4v) is 1.75. The SMILES string of the molecule is NCCCCc1nc(-c2cncs2)no1. The first kappa shape index (κ1) is 10.3. The number of nitrogens with two attached hydrogens (primary N) is 1. The Morgan fingerprint density at radius 3 is 3.07 bits per heavy atom. The number of hydrogen-bond acceptors (Lipinski definition) is 6. The maximum Gasteiger partial charge on any atom is 0.226 e. The molecule has 0 unspecified atom stereocenters. The van der Waals surface area contributed by atoms with Gasteiger partial charge in [0, 0.05) is 12.6 Å². The van der Waals surface area contributed by atoms with E-state index in [1.807, 2.05) is 0 Å². The van der Waals surface area contributed by atoms with Crippen molar-refractivity contribution < 1.29 is 4.52 Å². The second-order valence-corrected chi connectivity index (χ2v) is 4.01. The Labute approximate surface area is 91.3 Å². The van der Waals surface area contributed by atoms with Gasteiger partial charge in [-0.15, -0.1) is 11.3 Å². The Morgan fingerprint density at radius 2 is 2.33 bits per heavy atom. The summed E-state index contributed by atoms with van der Waals surface area (Å²) in [6.07, 6.45) is 4.50. The zero-order valence-corrected chi connectivity index (χ0v) is 9.04. The summed E-state index contributed by atoms with van der Waals surface area (Å²) < 4.78 is 5.11. The number of hydrogen-bond donors (Lipinski definition) is 1. The highest BCUT2D eigenvalue weighted by atomic mass is 32.1. The third-order valence-corrected chi connectivity index (χ3v) is 2.73. The predicted octanol–water partition coefficient (Wildman–Crippen LogP) is 1.47. The van der Waals surface area contributed by atoms with Crippen molar-refractivity contribution in [2.45, 2.75) is 19.3 Å². The number of thiazole rings is 1. The normalized spacial score (nSPS) is 10.7. The van der Waals surface area contributed by atoms with Crippen molar-refractivity contribution in [3.63, 3.8) is 0 Å². The van der Waals surface area contributed by atoms with E-state index in [1.165, 1.54) is 11.3 Å². The van der Waals surface area contributed by atoms with Crippen LogP contribution in [0.3, 0.4) is 0 Å². The van der Waals surface area contributed by atoms with Gasteiger partial charge < -0.3 is 10.3 Å². The minimum absolute atomic E-state index is 0.625. The number of aromatic nitrogens is 3. The lowest BCUT2D eigenvalue weighted by molar-refractivity contribution is 0.375. The van der Waals surface area contributed by atoms with Gasteiger partial charge in [0.1, 0.15) is 0 Å². The van der Waals surface area contributed by atoms with E-state index in [1.54, 1.807) is 11.7 Å². The molecule has 6 heteroatoms. The molecule has 5 nitrogen and oxygen atoms in total. The molecule has 2 N–H and O–H groups in total. The van der Waals surface area contributed by atoms with Crippen LogP contribution in [-0.2, 0) is 6.42 Å². The molecule has 0 aromatic carbocycles. The molecular weight excluding hydrogens is 212 g/mol. The van der Waals surface area contributed by atoms with Crippen LogP contribution in [0, 0.1) is 0 Å². The second-order valence-electron chi connectivity index (χ2n) is 3.12. The highest BCUT2D eigenvalue weighted by Gasteiger charge is 2.08. The molecule has 0 amide bonds. The first-order valence-corrected chi connectivity index (χ1v) is 5.69. The smallest absolute Gasteiger partial charge is 0.226 e. The molecule has 0 aliphatic heterocycles. The van der Waals surface area contributed by atoms with Crippen molar-refractivity contribution in [3.05, 3.63) is 17.6 Å². The molecule has 15 heavy (non-hydrogen) atoms. The Bertz CT molecular complexity index is 398. The summed E-state index contributed by atoms with van der Waals surface area (Å²) in [7, 11) is 0. The first-order valence-electron chi connectivity index (χ1n) is 4.81. The van der Waals surface area contributed by atoms with Crippen LogP contribution in [0.2, 0.25) is 0 Å². The van der Waals surface area contributed by atoms with Crippen LogP contribution in [0.25, 0.3) is 10.7 Å². The summed E-state index contributed by atoms with van der Waals surface area (Å²) in [6.45, 7) is 0.704. The maximum absolute atomic E-state index is 5.40. The molecule has 0 atom stereocenters. The lowest BCUT2D eigenvalue weighted by atomic mass is 10.2. The summed E-state index contributed by atoms with van der Waals surface area (Å²) in [5, 5.41) is 3.89. The lowest BCUT2D eigenvalue weighted by Crippen LogP contribution is -1.99. The Balaban J connectivity index is 1.98. The van der Waals surface area contributed by atoms with Crippen molar-refractivity contribution in [2.75, 3.05) is 6.54 Å². The van der Waals surface area contributed by atoms with Crippen LogP contribution < -0.4 is 5.73 Å². The molecule has 0 spiro atoms. The zero-order valence-electron chi connectivity index (χ0n) is 8.22. The van der Waals surface area contributed by atoms with E-state index in [2.05, 4.69) is 15.1 Å². The Hall–Kier alpha value is -1.27. The standard InChI is InChI=1S/C9H12N4OS/c10-4-2-1-3-8-12-9(13-14-8)7-5-11-6-15-7/h5-6H,1-4,10H2. The molecule has 0 fully saturated rings. The number of aryl methyl sites for hydroxylation is 1. The summed E-state index contributed by atoms with van der Waals surface area (Å²) in [5.41, 5.74) is 7.15. The summed E-state index contributed by atoms with van der Waals surface area (Å²) in [6, 6.07) is 0. The van der Waals surface area contributed by atoms with E-state index in [0.29, 0.717) is 18.3 Å². The molecule has 2 aromatic heterocycles. The van der Waals surface area contributed by atoms with Gasteiger partial charge in [-0.25, -0.2) is 0 Å². The third kappa shape index (κ3) is 2.60. The number of unbranched alkanes of at least 4 members (excludes halogenated alkanes) is 1. The van der Waals surface area contributed by atoms with Gasteiger partial charge in [-0.1, -0.05) is 5.16 Å². The van der Waals surface area contributed by atoms with E-state index in [4.69, 9.17) is 10.3 Å². The fourth-order valence-electron chi connectivity index (χ4n) is 1.20. The van der Waals surface area contributed by atoms with Crippen LogP contribution in [0.4, 0.5) is 0 Å². The molecule has 80 valence electrons. The van der Waals surface area contributed by atoms with Gasteiger partial charge in [0.25, 0.3) is 0 Å². The van der Waals surface area contributed by atoms with Crippen molar-refractivity contribution >= 4 is 11.3 Å². The molecule has 2 rings (SSSR count). The average Bonchev–Trinajstić information content (AvgIpc) is 2.87. The zero-order chi connectivity index (χ0) is 10.5. The lowest BCUT2D eigenvalue weighted by Gasteiger charge is -1.91. The summed E-state index contributed by atoms with van der Waals surface area (Å²) in [5.74, 6) is 1.30. The van der Waals surface area contributed by atoms with Crippen LogP contribution in [0.5, 0.6) is 0 Å². The van der Waals surface area contributed by atoms with Gasteiger partial charge in [0.2, 0.25) is 11.7 Å². The van der Waals surface area contributed by atoms with Gasteiger partial charge in [0.15, 0.2) is 0 Å². The maximum atomic E-state index is 5.40. The fraction of sp³-hybridized carbons (Fsp3) is 0.444. The summed E-state index contributed by atoms with van der Waals surface area (Å²) in [4.78, 5) is 9.17. The van der Waals surface area contributed by atoms with Crippen molar-refractivity contribution in [1.29, 1.82) is 0 Å². The van der Waals surface area contributed by atoms with E-state index in [0.717, 1.165) is 24.1 Å². The average molecular weight is 224 g/mol. The number of nitrogens with zero attached hydrogens (tertiary/aromatic N) is 3. The van der Waals surface area contributed by atoms with Gasteiger partial charge in [0.05, 0.1) is 10.4 Å². The van der Waals surface area contributed by atoms with Crippen LogP contribution >= 0.6 is 11.3 Å².